The van der Waals surface area contributed by atoms with Crippen molar-refractivity contribution in [3.63, 3.8) is 0 Å². The van der Waals surface area contributed by atoms with Gasteiger partial charge in [0, 0.05) is 17.7 Å². The van der Waals surface area contributed by atoms with E-state index in [9.17, 15) is 4.79 Å². The zero-order valence-corrected chi connectivity index (χ0v) is 10.3. The lowest BCUT2D eigenvalue weighted by atomic mass is 10.0. The Bertz CT molecular complexity index is 256. The molecule has 1 amide bonds. The molecular formula is C12H22N2O. The minimum Gasteiger partial charge on any atom is -0.284 e. The minimum absolute atomic E-state index is 0.0840. The lowest BCUT2D eigenvalue weighted by Crippen LogP contribution is -2.54. The van der Waals surface area contributed by atoms with Crippen molar-refractivity contribution < 1.29 is 4.79 Å². The Kier molecular flexibility index (Phi) is 5.29. The van der Waals surface area contributed by atoms with Crippen LogP contribution in [0.5, 0.6) is 0 Å². The van der Waals surface area contributed by atoms with E-state index in [0.717, 1.165) is 6.42 Å². The molecule has 0 spiro atoms. The number of rotatable bonds is 6. The predicted octanol–water partition coefficient (Wildman–Crippen LogP) is 2.27. The number of hydrazine groups is 1. The third kappa shape index (κ3) is 4.30. The van der Waals surface area contributed by atoms with Crippen molar-refractivity contribution in [3.8, 4) is 0 Å². The largest absolute Gasteiger partial charge is 0.284 e. The second-order valence-corrected chi connectivity index (χ2v) is 4.29. The maximum atomic E-state index is 11.5. The van der Waals surface area contributed by atoms with E-state index in [-0.39, 0.29) is 11.4 Å². The predicted molar refractivity (Wildman–Crippen MR) is 64.2 cm³/mol. The Hall–Kier alpha value is -1.09. The van der Waals surface area contributed by atoms with Gasteiger partial charge in [-0.05, 0) is 27.2 Å². The summed E-state index contributed by atoms with van der Waals surface area (Å²) in [5, 5.41) is 1.89. The van der Waals surface area contributed by atoms with Gasteiger partial charge >= 0.3 is 0 Å². The fourth-order valence-electron chi connectivity index (χ4n) is 0.982. The zero-order chi connectivity index (χ0) is 12.1. The summed E-state index contributed by atoms with van der Waals surface area (Å²) in [5.41, 5.74) is 3.26. The number of amides is 1. The number of hydrogen-bond acceptors (Lipinski definition) is 2. The number of carbonyl (C=O) groups is 1. The van der Waals surface area contributed by atoms with E-state index in [1.807, 2.05) is 5.01 Å². The van der Waals surface area contributed by atoms with Gasteiger partial charge in [-0.3, -0.25) is 10.2 Å². The highest BCUT2D eigenvalue weighted by Crippen LogP contribution is 2.16. The number of nitrogens with one attached hydrogen (secondary N) is 1. The molecule has 15 heavy (non-hydrogen) atoms. The van der Waals surface area contributed by atoms with Crippen molar-refractivity contribution in [2.75, 3.05) is 6.54 Å². The van der Waals surface area contributed by atoms with E-state index >= 15 is 0 Å². The van der Waals surface area contributed by atoms with Crippen LogP contribution in [0.3, 0.4) is 0 Å². The van der Waals surface area contributed by atoms with Gasteiger partial charge < -0.3 is 0 Å². The van der Waals surface area contributed by atoms with Crippen LogP contribution in [0, 0.1) is 0 Å². The fraction of sp³-hybridized carbons (Fsp3) is 0.583. The Morgan fingerprint density at radius 3 is 2.40 bits per heavy atom. The highest BCUT2D eigenvalue weighted by molar-refractivity contribution is 5.91. The van der Waals surface area contributed by atoms with Gasteiger partial charge in [0.25, 0.3) is 5.91 Å². The zero-order valence-electron chi connectivity index (χ0n) is 10.3. The molecule has 3 heteroatoms. The first kappa shape index (κ1) is 13.9. The van der Waals surface area contributed by atoms with Crippen molar-refractivity contribution in [2.24, 2.45) is 0 Å². The van der Waals surface area contributed by atoms with Crippen LogP contribution in [0.4, 0.5) is 0 Å². The third-order valence-electron chi connectivity index (χ3n) is 2.53. The monoisotopic (exact) mass is 210 g/mol. The standard InChI is InChI=1S/C12H22N2O/c1-7-9-14(12(5,6)8-2)13-11(15)10(3)4/h7H,1,3,8-9H2,2,4-6H3,(H,13,15). The Morgan fingerprint density at radius 2 is 2.07 bits per heavy atom. The molecule has 0 bridgehead atoms. The van der Waals surface area contributed by atoms with Crippen LogP contribution in [0.15, 0.2) is 24.8 Å². The molecule has 0 rings (SSSR count). The lowest BCUT2D eigenvalue weighted by molar-refractivity contribution is -0.124. The first-order chi connectivity index (χ1) is 6.85. The molecule has 0 saturated carbocycles. The Labute approximate surface area is 92.8 Å². The van der Waals surface area contributed by atoms with Crippen molar-refractivity contribution in [3.05, 3.63) is 24.8 Å². The van der Waals surface area contributed by atoms with E-state index in [4.69, 9.17) is 0 Å². The molecule has 0 heterocycles. The molecule has 0 saturated heterocycles. The van der Waals surface area contributed by atoms with Crippen LogP contribution in [-0.4, -0.2) is 23.0 Å². The first-order valence-electron chi connectivity index (χ1n) is 5.20. The maximum Gasteiger partial charge on any atom is 0.260 e. The number of carbonyl (C=O) groups excluding carboxylic acids is 1. The van der Waals surface area contributed by atoms with Crippen molar-refractivity contribution >= 4 is 5.91 Å². The average Bonchev–Trinajstić information content (AvgIpc) is 2.16. The highest BCUT2D eigenvalue weighted by Gasteiger charge is 2.25. The molecule has 0 aromatic heterocycles. The molecule has 0 aromatic rings. The van der Waals surface area contributed by atoms with Crippen LogP contribution >= 0.6 is 0 Å². The van der Waals surface area contributed by atoms with Gasteiger partial charge in [-0.2, -0.15) is 0 Å². The van der Waals surface area contributed by atoms with E-state index in [1.165, 1.54) is 0 Å². The molecule has 0 radical (unpaired) electrons. The Morgan fingerprint density at radius 1 is 1.53 bits per heavy atom. The van der Waals surface area contributed by atoms with E-state index in [1.54, 1.807) is 13.0 Å². The highest BCUT2D eigenvalue weighted by atomic mass is 16.2. The fourth-order valence-corrected chi connectivity index (χ4v) is 0.982. The normalized spacial score (nSPS) is 11.3. The SMILES string of the molecule is C=CCN(NC(=O)C(=C)C)C(C)(C)CC. The summed E-state index contributed by atoms with van der Waals surface area (Å²) in [7, 11) is 0. The summed E-state index contributed by atoms with van der Waals surface area (Å²) in [6.45, 7) is 15.9. The lowest BCUT2D eigenvalue weighted by Gasteiger charge is -2.37. The Balaban J connectivity index is 4.60. The summed E-state index contributed by atoms with van der Waals surface area (Å²) < 4.78 is 0. The van der Waals surface area contributed by atoms with Gasteiger partial charge in [-0.25, -0.2) is 5.01 Å². The average molecular weight is 210 g/mol. The van der Waals surface area contributed by atoms with Gasteiger partial charge in [-0.1, -0.05) is 19.6 Å². The second-order valence-electron chi connectivity index (χ2n) is 4.29. The summed E-state index contributed by atoms with van der Waals surface area (Å²) in [6, 6.07) is 0. The van der Waals surface area contributed by atoms with Crippen molar-refractivity contribution in [2.45, 2.75) is 39.7 Å². The van der Waals surface area contributed by atoms with E-state index < -0.39 is 0 Å². The van der Waals surface area contributed by atoms with Crippen molar-refractivity contribution in [1.29, 1.82) is 0 Å². The summed E-state index contributed by atoms with van der Waals surface area (Å²) >= 11 is 0. The molecule has 0 aliphatic heterocycles. The van der Waals surface area contributed by atoms with Gasteiger partial charge in [0.15, 0.2) is 0 Å². The summed E-state index contributed by atoms with van der Waals surface area (Å²) in [4.78, 5) is 11.5. The van der Waals surface area contributed by atoms with E-state index in [2.05, 4.69) is 39.4 Å². The van der Waals surface area contributed by atoms with Crippen LogP contribution in [0.25, 0.3) is 0 Å². The molecule has 86 valence electrons. The van der Waals surface area contributed by atoms with Crippen LogP contribution < -0.4 is 5.43 Å². The number of hydrogen-bond donors (Lipinski definition) is 1. The van der Waals surface area contributed by atoms with Gasteiger partial charge in [-0.15, -0.1) is 6.58 Å². The molecule has 0 aliphatic carbocycles. The topological polar surface area (TPSA) is 32.3 Å². The smallest absolute Gasteiger partial charge is 0.260 e. The third-order valence-corrected chi connectivity index (χ3v) is 2.53. The first-order valence-corrected chi connectivity index (χ1v) is 5.20. The molecule has 0 aliphatic rings. The van der Waals surface area contributed by atoms with Crippen molar-refractivity contribution in [1.82, 2.24) is 10.4 Å². The molecule has 0 atom stereocenters. The minimum atomic E-state index is -0.140. The maximum absolute atomic E-state index is 11.5. The van der Waals surface area contributed by atoms with Gasteiger partial charge in [0.2, 0.25) is 0 Å². The van der Waals surface area contributed by atoms with Crippen LogP contribution in [0.1, 0.15) is 34.1 Å². The summed E-state index contributed by atoms with van der Waals surface area (Å²) in [6.07, 6.45) is 2.72. The van der Waals surface area contributed by atoms with E-state index in [0.29, 0.717) is 12.1 Å². The summed E-state index contributed by atoms with van der Waals surface area (Å²) in [5.74, 6) is -0.140. The second kappa shape index (κ2) is 5.71. The molecule has 0 unspecified atom stereocenters. The van der Waals surface area contributed by atoms with Crippen LogP contribution in [0.2, 0.25) is 0 Å². The number of nitrogens with zero attached hydrogens (tertiary/aromatic N) is 1. The molecule has 3 nitrogen and oxygen atoms in total. The molecular weight excluding hydrogens is 188 g/mol. The van der Waals surface area contributed by atoms with Crippen LogP contribution in [-0.2, 0) is 4.79 Å². The van der Waals surface area contributed by atoms with Gasteiger partial charge in [0.05, 0.1) is 0 Å². The quantitative estimate of drug-likeness (QED) is 0.414. The van der Waals surface area contributed by atoms with Gasteiger partial charge in [0.1, 0.15) is 0 Å². The molecule has 0 aromatic carbocycles. The molecule has 0 fully saturated rings. The molecule has 1 N–H and O–H groups in total.